The fourth-order valence-corrected chi connectivity index (χ4v) is 2.03. The molecule has 0 saturated heterocycles. The summed E-state index contributed by atoms with van der Waals surface area (Å²) in [6.07, 6.45) is -1.05. The molecule has 0 aromatic carbocycles. The number of pyridine rings is 1. The minimum absolute atomic E-state index is 0.102. The van der Waals surface area contributed by atoms with Gasteiger partial charge in [0.05, 0.1) is 23.8 Å². The van der Waals surface area contributed by atoms with Crippen LogP contribution in [0.25, 0.3) is 0 Å². The van der Waals surface area contributed by atoms with E-state index in [0.29, 0.717) is 6.20 Å². The maximum atomic E-state index is 12.6. The third-order valence-electron chi connectivity index (χ3n) is 3.36. The molecule has 1 unspecified atom stereocenters. The number of aliphatic carboxylic acids is 1. The number of carboxylic acids is 1. The molecule has 0 aliphatic rings. The number of halogens is 3. The number of aromatic nitrogens is 3. The summed E-state index contributed by atoms with van der Waals surface area (Å²) in [5, 5.41) is 8.98. The van der Waals surface area contributed by atoms with Gasteiger partial charge in [-0.1, -0.05) is 0 Å². The number of amides is 1. The predicted molar refractivity (Wildman–Crippen MR) is 77.9 cm³/mol. The van der Waals surface area contributed by atoms with Crippen LogP contribution in [-0.4, -0.2) is 36.8 Å². The highest BCUT2D eigenvalue weighted by atomic mass is 19.4. The molecule has 0 bridgehead atoms. The van der Waals surface area contributed by atoms with Crippen LogP contribution in [-0.2, 0) is 22.3 Å². The Morgan fingerprint density at radius 3 is 2.32 bits per heavy atom. The standard InChI is InChI=1S/C15H13F3N4O3/c1-9(12-19-5-2-6-20-12)22(13(23)14(24)25)8-11-4-3-10(7-21-11)15(16,17)18/h2-7,9H,8H2,1H3,(H,24,25). The van der Waals surface area contributed by atoms with E-state index >= 15 is 0 Å². The third kappa shape index (κ3) is 4.49. The van der Waals surface area contributed by atoms with Gasteiger partial charge in [-0.2, -0.15) is 13.2 Å². The normalized spacial score (nSPS) is 12.5. The van der Waals surface area contributed by atoms with Crippen molar-refractivity contribution in [3.63, 3.8) is 0 Å². The summed E-state index contributed by atoms with van der Waals surface area (Å²) in [6.45, 7) is 1.21. The molecule has 2 aromatic heterocycles. The SMILES string of the molecule is CC(c1ncccn1)N(Cc1ccc(C(F)(F)F)cn1)C(=O)C(=O)O. The van der Waals surface area contributed by atoms with Crippen LogP contribution in [0, 0.1) is 0 Å². The van der Waals surface area contributed by atoms with Gasteiger partial charge in [-0.15, -0.1) is 0 Å². The number of carbonyl (C=O) groups excluding carboxylic acids is 1. The Bertz CT molecular complexity index is 751. The van der Waals surface area contributed by atoms with E-state index in [-0.39, 0.29) is 18.1 Å². The van der Waals surface area contributed by atoms with Crippen LogP contribution in [0.5, 0.6) is 0 Å². The van der Waals surface area contributed by atoms with Crippen LogP contribution in [0.1, 0.15) is 30.0 Å². The molecule has 2 rings (SSSR count). The largest absolute Gasteiger partial charge is 0.474 e. The lowest BCUT2D eigenvalue weighted by Gasteiger charge is -2.26. The molecule has 0 saturated carbocycles. The van der Waals surface area contributed by atoms with Gasteiger partial charge in [0.15, 0.2) is 0 Å². The van der Waals surface area contributed by atoms with Crippen molar-refractivity contribution in [3.8, 4) is 0 Å². The van der Waals surface area contributed by atoms with Crippen LogP contribution in [0.3, 0.4) is 0 Å². The minimum atomic E-state index is -4.53. The van der Waals surface area contributed by atoms with Gasteiger partial charge in [-0.3, -0.25) is 9.78 Å². The molecule has 2 heterocycles. The second-order valence-electron chi connectivity index (χ2n) is 5.06. The maximum absolute atomic E-state index is 12.6. The fraction of sp³-hybridized carbons (Fsp3) is 0.267. The van der Waals surface area contributed by atoms with Gasteiger partial charge in [-0.25, -0.2) is 14.8 Å². The summed E-state index contributed by atoms with van der Waals surface area (Å²) in [5.41, 5.74) is -0.836. The molecular weight excluding hydrogens is 341 g/mol. The number of rotatable bonds is 4. The van der Waals surface area contributed by atoms with Gasteiger partial charge in [-0.05, 0) is 25.1 Å². The van der Waals surface area contributed by atoms with E-state index in [1.54, 1.807) is 6.07 Å². The van der Waals surface area contributed by atoms with Crippen molar-refractivity contribution in [1.29, 1.82) is 0 Å². The summed E-state index contributed by atoms with van der Waals surface area (Å²) >= 11 is 0. The molecule has 25 heavy (non-hydrogen) atoms. The van der Waals surface area contributed by atoms with Gasteiger partial charge in [0.25, 0.3) is 0 Å². The van der Waals surface area contributed by atoms with Crippen molar-refractivity contribution >= 4 is 11.9 Å². The Morgan fingerprint density at radius 1 is 1.20 bits per heavy atom. The monoisotopic (exact) mass is 354 g/mol. The molecule has 0 aliphatic carbocycles. The van der Waals surface area contributed by atoms with Gasteiger partial charge in [0.1, 0.15) is 5.82 Å². The Morgan fingerprint density at radius 2 is 1.84 bits per heavy atom. The molecule has 1 atom stereocenters. The Balaban J connectivity index is 2.28. The molecular formula is C15H13F3N4O3. The average molecular weight is 354 g/mol. The molecule has 132 valence electrons. The maximum Gasteiger partial charge on any atom is 0.417 e. The molecule has 0 spiro atoms. The van der Waals surface area contributed by atoms with Gasteiger partial charge in [0.2, 0.25) is 0 Å². The first kappa shape index (κ1) is 18.3. The highest BCUT2D eigenvalue weighted by molar-refractivity contribution is 6.31. The molecule has 7 nitrogen and oxygen atoms in total. The number of carbonyl (C=O) groups is 2. The quantitative estimate of drug-likeness (QED) is 0.845. The molecule has 0 aliphatic heterocycles. The number of carboxylic acid groups (broad SMARTS) is 1. The van der Waals surface area contributed by atoms with Crippen molar-refractivity contribution in [2.45, 2.75) is 25.7 Å². The molecule has 10 heteroatoms. The summed E-state index contributed by atoms with van der Waals surface area (Å²) in [5.74, 6) is -2.74. The van der Waals surface area contributed by atoms with Crippen LogP contribution in [0.2, 0.25) is 0 Å². The zero-order valence-electron chi connectivity index (χ0n) is 12.9. The molecule has 1 N–H and O–H groups in total. The Kier molecular flexibility index (Phi) is 5.30. The number of alkyl halides is 3. The Hall–Kier alpha value is -3.04. The van der Waals surface area contributed by atoms with E-state index in [2.05, 4.69) is 15.0 Å². The van der Waals surface area contributed by atoms with E-state index in [9.17, 15) is 22.8 Å². The van der Waals surface area contributed by atoms with Crippen LogP contribution < -0.4 is 0 Å². The lowest BCUT2D eigenvalue weighted by molar-refractivity contribution is -0.157. The highest BCUT2D eigenvalue weighted by Gasteiger charge is 2.32. The zero-order chi connectivity index (χ0) is 18.6. The topological polar surface area (TPSA) is 96.3 Å². The first-order valence-corrected chi connectivity index (χ1v) is 7.03. The van der Waals surface area contributed by atoms with Crippen molar-refractivity contribution in [2.24, 2.45) is 0 Å². The fourth-order valence-electron chi connectivity index (χ4n) is 2.03. The Labute approximate surface area is 140 Å². The zero-order valence-corrected chi connectivity index (χ0v) is 12.9. The summed E-state index contributed by atoms with van der Waals surface area (Å²) in [6, 6.07) is 2.64. The lowest BCUT2D eigenvalue weighted by atomic mass is 10.2. The van der Waals surface area contributed by atoms with E-state index in [1.165, 1.54) is 19.3 Å². The summed E-state index contributed by atoms with van der Waals surface area (Å²) in [7, 11) is 0. The van der Waals surface area contributed by atoms with Crippen LogP contribution >= 0.6 is 0 Å². The summed E-state index contributed by atoms with van der Waals surface area (Å²) in [4.78, 5) is 35.5. The van der Waals surface area contributed by atoms with E-state index in [0.717, 1.165) is 17.0 Å². The molecule has 2 aromatic rings. The molecule has 1 amide bonds. The van der Waals surface area contributed by atoms with E-state index in [4.69, 9.17) is 5.11 Å². The number of hydrogen-bond acceptors (Lipinski definition) is 5. The van der Waals surface area contributed by atoms with E-state index in [1.807, 2.05) is 0 Å². The number of hydrogen-bond donors (Lipinski definition) is 1. The third-order valence-corrected chi connectivity index (χ3v) is 3.36. The van der Waals surface area contributed by atoms with Gasteiger partial charge < -0.3 is 10.0 Å². The second kappa shape index (κ2) is 7.24. The summed E-state index contributed by atoms with van der Waals surface area (Å²) < 4.78 is 37.7. The smallest absolute Gasteiger partial charge is 0.417 e. The predicted octanol–water partition coefficient (Wildman–Crippen LogP) is 2.06. The van der Waals surface area contributed by atoms with Gasteiger partial charge >= 0.3 is 18.1 Å². The first-order chi connectivity index (χ1) is 11.7. The highest BCUT2D eigenvalue weighted by Crippen LogP contribution is 2.28. The molecule has 0 radical (unpaired) electrons. The van der Waals surface area contributed by atoms with Crippen LogP contribution in [0.15, 0.2) is 36.8 Å². The van der Waals surface area contributed by atoms with Crippen molar-refractivity contribution < 1.29 is 27.9 Å². The van der Waals surface area contributed by atoms with Crippen molar-refractivity contribution in [1.82, 2.24) is 19.9 Å². The average Bonchev–Trinajstić information content (AvgIpc) is 2.59. The molecule has 0 fully saturated rings. The minimum Gasteiger partial charge on any atom is -0.474 e. The van der Waals surface area contributed by atoms with Crippen LogP contribution in [0.4, 0.5) is 13.2 Å². The van der Waals surface area contributed by atoms with Crippen molar-refractivity contribution in [2.75, 3.05) is 0 Å². The first-order valence-electron chi connectivity index (χ1n) is 7.03. The lowest BCUT2D eigenvalue weighted by Crippen LogP contribution is -2.38. The number of nitrogens with zero attached hydrogens (tertiary/aromatic N) is 4. The van der Waals surface area contributed by atoms with Crippen molar-refractivity contribution in [3.05, 3.63) is 53.9 Å². The second-order valence-corrected chi connectivity index (χ2v) is 5.06. The van der Waals surface area contributed by atoms with Gasteiger partial charge in [0, 0.05) is 18.6 Å². The van der Waals surface area contributed by atoms with E-state index < -0.39 is 29.7 Å².